The van der Waals surface area contributed by atoms with E-state index in [1.165, 1.54) is 12.1 Å². The van der Waals surface area contributed by atoms with Crippen molar-refractivity contribution in [3.63, 3.8) is 0 Å². The van der Waals surface area contributed by atoms with E-state index < -0.39 is 30.0 Å². The molecule has 0 amide bonds. The summed E-state index contributed by atoms with van der Waals surface area (Å²) in [4.78, 5) is 9.64. The van der Waals surface area contributed by atoms with Crippen molar-refractivity contribution in [2.24, 2.45) is 0 Å². The Bertz CT molecular complexity index is 911. The molecule has 106 valence electrons. The maximum atomic E-state index is 11.3. The van der Waals surface area contributed by atoms with Gasteiger partial charge in [0.25, 0.3) is 20.2 Å². The highest BCUT2D eigenvalue weighted by Crippen LogP contribution is 2.29. The lowest BCUT2D eigenvalue weighted by atomic mass is 10.1. The van der Waals surface area contributed by atoms with Crippen LogP contribution in [0.1, 0.15) is 10.4 Å². The third kappa shape index (κ3) is 2.56. The first-order chi connectivity index (χ1) is 9.14. The second kappa shape index (κ2) is 4.63. The van der Waals surface area contributed by atoms with E-state index in [2.05, 4.69) is 0 Å². The summed E-state index contributed by atoms with van der Waals surface area (Å²) in [6, 6.07) is 5.26. The van der Waals surface area contributed by atoms with Gasteiger partial charge in [-0.2, -0.15) is 16.8 Å². The fourth-order valence-corrected chi connectivity index (χ4v) is 3.22. The number of rotatable bonds is 3. The highest BCUT2D eigenvalue weighted by molar-refractivity contribution is 7.86. The van der Waals surface area contributed by atoms with Gasteiger partial charge in [0.2, 0.25) is 0 Å². The third-order valence-electron chi connectivity index (χ3n) is 2.65. The minimum Gasteiger partial charge on any atom is -0.298 e. The zero-order chi connectivity index (χ0) is 15.1. The fraction of sp³-hybridized carbons (Fsp3) is 0. The van der Waals surface area contributed by atoms with Gasteiger partial charge in [-0.1, -0.05) is 12.1 Å². The highest BCUT2D eigenvalue weighted by atomic mass is 32.2. The van der Waals surface area contributed by atoms with Crippen molar-refractivity contribution >= 4 is 37.3 Å². The number of fused-ring (bicyclic) bond motifs is 1. The maximum absolute atomic E-state index is 11.3. The van der Waals surface area contributed by atoms with Crippen LogP contribution in [0.2, 0.25) is 0 Å². The molecule has 0 saturated heterocycles. The molecule has 0 aliphatic rings. The number of carbonyl (C=O) groups is 1. The summed E-state index contributed by atoms with van der Waals surface area (Å²) >= 11 is 0. The first-order valence-electron chi connectivity index (χ1n) is 5.11. The molecule has 0 fully saturated rings. The third-order valence-corrected chi connectivity index (χ3v) is 4.48. The molecule has 7 nitrogen and oxygen atoms in total. The molecular weight excluding hydrogens is 308 g/mol. The van der Waals surface area contributed by atoms with Gasteiger partial charge in [0.05, 0.1) is 0 Å². The van der Waals surface area contributed by atoms with Crippen LogP contribution in [0, 0.1) is 0 Å². The molecule has 2 N–H and O–H groups in total. The molecule has 0 atom stereocenters. The van der Waals surface area contributed by atoms with Crippen LogP contribution in [0.5, 0.6) is 0 Å². The van der Waals surface area contributed by atoms with Crippen LogP contribution in [0.15, 0.2) is 40.1 Å². The van der Waals surface area contributed by atoms with E-state index in [1.54, 1.807) is 0 Å². The van der Waals surface area contributed by atoms with E-state index in [9.17, 15) is 21.6 Å². The molecule has 0 saturated carbocycles. The van der Waals surface area contributed by atoms with Crippen molar-refractivity contribution in [2.75, 3.05) is 0 Å². The van der Waals surface area contributed by atoms with Crippen molar-refractivity contribution in [1.29, 1.82) is 0 Å². The topological polar surface area (TPSA) is 126 Å². The van der Waals surface area contributed by atoms with Gasteiger partial charge in [-0.3, -0.25) is 13.9 Å². The zero-order valence-electron chi connectivity index (χ0n) is 9.72. The minimum absolute atomic E-state index is 0.0925. The smallest absolute Gasteiger partial charge is 0.295 e. The molecule has 0 bridgehead atoms. The number of benzene rings is 2. The van der Waals surface area contributed by atoms with E-state index >= 15 is 0 Å². The molecule has 2 rings (SSSR count). The SMILES string of the molecule is O=Cc1ccc2c(S(=O)(=O)O)ccc(S(=O)(=O)O)c2c1. The Kier molecular flexibility index (Phi) is 3.38. The van der Waals surface area contributed by atoms with E-state index in [0.717, 1.165) is 18.2 Å². The van der Waals surface area contributed by atoms with E-state index in [-0.39, 0.29) is 16.3 Å². The Morgan fingerprint density at radius 1 is 0.800 bits per heavy atom. The Hall–Kier alpha value is -1.81. The summed E-state index contributed by atoms with van der Waals surface area (Å²) < 4.78 is 63.2. The van der Waals surface area contributed by atoms with Crippen LogP contribution in [0.25, 0.3) is 10.8 Å². The minimum atomic E-state index is -4.61. The van der Waals surface area contributed by atoms with Gasteiger partial charge >= 0.3 is 0 Å². The highest BCUT2D eigenvalue weighted by Gasteiger charge is 2.21. The lowest BCUT2D eigenvalue weighted by Crippen LogP contribution is -2.04. The molecule has 0 unspecified atom stereocenters. The Morgan fingerprint density at radius 3 is 1.75 bits per heavy atom. The summed E-state index contributed by atoms with van der Waals surface area (Å²) in [6.07, 6.45) is 0.438. The summed E-state index contributed by atoms with van der Waals surface area (Å²) in [6.45, 7) is 0. The lowest BCUT2D eigenvalue weighted by molar-refractivity contribution is 0.112. The first-order valence-corrected chi connectivity index (χ1v) is 7.99. The standard InChI is InChI=1S/C11H8O7S2/c12-6-7-1-2-8-9(5-7)11(20(16,17)18)4-3-10(8)19(13,14)15/h1-6H,(H,13,14,15)(H,16,17,18). The lowest BCUT2D eigenvalue weighted by Gasteiger charge is -2.08. The predicted octanol–water partition coefficient (Wildman–Crippen LogP) is 1.15. The summed E-state index contributed by atoms with van der Waals surface area (Å²) in [5, 5.41) is -0.291. The summed E-state index contributed by atoms with van der Waals surface area (Å²) in [5.74, 6) is 0. The van der Waals surface area contributed by atoms with Gasteiger partial charge in [0, 0.05) is 16.3 Å². The normalized spacial score (nSPS) is 12.5. The maximum Gasteiger partial charge on any atom is 0.295 e. The van der Waals surface area contributed by atoms with Crippen molar-refractivity contribution in [3.8, 4) is 0 Å². The van der Waals surface area contributed by atoms with E-state index in [0.29, 0.717) is 6.29 Å². The molecule has 20 heavy (non-hydrogen) atoms. The van der Waals surface area contributed by atoms with Gasteiger partial charge in [-0.15, -0.1) is 0 Å². The van der Waals surface area contributed by atoms with Gasteiger partial charge < -0.3 is 0 Å². The van der Waals surface area contributed by atoms with Crippen LogP contribution < -0.4 is 0 Å². The Morgan fingerprint density at radius 2 is 1.30 bits per heavy atom. The van der Waals surface area contributed by atoms with Gasteiger partial charge in [-0.25, -0.2) is 0 Å². The number of carbonyl (C=O) groups excluding carboxylic acids is 1. The second-order valence-electron chi connectivity index (χ2n) is 3.93. The van der Waals surface area contributed by atoms with Crippen LogP contribution in [-0.4, -0.2) is 32.2 Å². The molecule has 2 aromatic rings. The van der Waals surface area contributed by atoms with Gasteiger partial charge in [-0.05, 0) is 18.2 Å². The molecule has 0 aliphatic heterocycles. The molecule has 0 radical (unpaired) electrons. The van der Waals surface area contributed by atoms with Crippen LogP contribution >= 0.6 is 0 Å². The Labute approximate surface area is 114 Å². The van der Waals surface area contributed by atoms with Crippen molar-refractivity contribution in [3.05, 3.63) is 35.9 Å². The molecular formula is C11H8O7S2. The second-order valence-corrected chi connectivity index (χ2v) is 6.71. The molecule has 0 spiro atoms. The molecule has 0 aromatic heterocycles. The van der Waals surface area contributed by atoms with Crippen LogP contribution in [0.3, 0.4) is 0 Å². The van der Waals surface area contributed by atoms with Crippen LogP contribution in [-0.2, 0) is 20.2 Å². The van der Waals surface area contributed by atoms with E-state index in [1.807, 2.05) is 0 Å². The number of aldehydes is 1. The monoisotopic (exact) mass is 316 g/mol. The number of hydrogen-bond acceptors (Lipinski definition) is 5. The van der Waals surface area contributed by atoms with E-state index in [4.69, 9.17) is 9.11 Å². The summed E-state index contributed by atoms with van der Waals surface area (Å²) in [7, 11) is -9.19. The predicted molar refractivity (Wildman–Crippen MR) is 69.0 cm³/mol. The average Bonchev–Trinajstić information content (AvgIpc) is 2.34. The zero-order valence-corrected chi connectivity index (χ0v) is 11.3. The molecule has 0 aliphatic carbocycles. The van der Waals surface area contributed by atoms with Crippen molar-refractivity contribution in [2.45, 2.75) is 9.79 Å². The molecule has 0 heterocycles. The van der Waals surface area contributed by atoms with Crippen LogP contribution in [0.4, 0.5) is 0 Å². The van der Waals surface area contributed by atoms with Crippen molar-refractivity contribution < 1.29 is 30.7 Å². The molecule has 9 heteroatoms. The Balaban J connectivity index is 3.05. The van der Waals surface area contributed by atoms with Gasteiger partial charge in [0.15, 0.2) is 0 Å². The number of hydrogen-bond donors (Lipinski definition) is 2. The van der Waals surface area contributed by atoms with Gasteiger partial charge in [0.1, 0.15) is 16.1 Å². The fourth-order valence-electron chi connectivity index (χ4n) is 1.83. The first kappa shape index (κ1) is 14.6. The van der Waals surface area contributed by atoms with Crippen molar-refractivity contribution in [1.82, 2.24) is 0 Å². The quantitative estimate of drug-likeness (QED) is 0.642. The average molecular weight is 316 g/mol. The largest absolute Gasteiger partial charge is 0.298 e. The summed E-state index contributed by atoms with van der Waals surface area (Å²) in [5.41, 5.74) is 0.0925. The molecule has 2 aromatic carbocycles.